The number of imidazole rings is 1. The van der Waals surface area contributed by atoms with Gasteiger partial charge in [0.2, 0.25) is 15.9 Å². The molecule has 3 aliphatic rings. The first-order valence-electron chi connectivity index (χ1n) is 17.9. The molecule has 56 heavy (non-hydrogen) atoms. The van der Waals surface area contributed by atoms with Crippen molar-refractivity contribution in [2.24, 2.45) is 13.0 Å². The van der Waals surface area contributed by atoms with Crippen molar-refractivity contribution in [3.63, 3.8) is 0 Å². The molecule has 4 aromatic heterocycles. The molecule has 0 bridgehead atoms. The number of hydrogen-bond acceptors (Lipinski definition) is 7. The number of H-pyrrole nitrogens is 1. The van der Waals surface area contributed by atoms with Crippen molar-refractivity contribution in [1.82, 2.24) is 39.8 Å². The fourth-order valence-corrected chi connectivity index (χ4v) is 8.81. The number of pyridine rings is 1. The first-order chi connectivity index (χ1) is 26.6. The standard InChI is InChI=1S/C37H33F6N9O3S/c1-51-31-20(4-3-5-22(31)35(49-51)50-56(2,54)55)23-14-26-36(47-34(45-26)17-6-7-17)46-29(23)25(12-16-10-18(38)13-19(39)11-16)44-27(53)15-52-32-28(30(48-52)33(40)41)21-8-9-24(21)37(32,42)43/h3-5,10-11,13-14,17,21,24-25,33H,6-9,12,15H2,1-2H3,(H,44,53)(H,49,50)(H,45,46,47)/t21-,24+,25-/m0/s1. The molecule has 2 aromatic carbocycles. The monoisotopic (exact) mass is 797 g/mol. The highest BCUT2D eigenvalue weighted by molar-refractivity contribution is 7.92. The maximum atomic E-state index is 15.6. The van der Waals surface area contributed by atoms with Gasteiger partial charge in [0, 0.05) is 47.0 Å². The molecular weight excluding hydrogens is 765 g/mol. The van der Waals surface area contributed by atoms with Gasteiger partial charge in [-0.1, -0.05) is 12.1 Å². The Labute approximate surface area is 314 Å². The van der Waals surface area contributed by atoms with Gasteiger partial charge >= 0.3 is 0 Å². The van der Waals surface area contributed by atoms with E-state index >= 15 is 8.78 Å². The lowest BCUT2D eigenvalue weighted by Crippen LogP contribution is -2.36. The summed E-state index contributed by atoms with van der Waals surface area (Å²) in [6, 6.07) is 8.45. The van der Waals surface area contributed by atoms with Gasteiger partial charge in [0.25, 0.3) is 12.3 Å². The molecule has 292 valence electrons. The van der Waals surface area contributed by atoms with Crippen LogP contribution < -0.4 is 10.0 Å². The van der Waals surface area contributed by atoms with Crippen molar-refractivity contribution in [3.8, 4) is 11.1 Å². The van der Waals surface area contributed by atoms with Crippen molar-refractivity contribution >= 4 is 43.8 Å². The molecule has 0 unspecified atom stereocenters. The minimum absolute atomic E-state index is 0.0558. The first kappa shape index (κ1) is 36.2. The van der Waals surface area contributed by atoms with Crippen LogP contribution in [0.1, 0.15) is 84.0 Å². The minimum atomic E-state index is -3.74. The van der Waals surface area contributed by atoms with Gasteiger partial charge < -0.3 is 10.3 Å². The normalized spacial score (nSPS) is 19.3. The van der Waals surface area contributed by atoms with Gasteiger partial charge in [-0.15, -0.1) is 0 Å². The van der Waals surface area contributed by atoms with Crippen LogP contribution in [0.15, 0.2) is 42.5 Å². The predicted molar refractivity (Wildman–Crippen MR) is 192 cm³/mol. The molecule has 9 rings (SSSR count). The maximum absolute atomic E-state index is 15.6. The lowest BCUT2D eigenvalue weighted by molar-refractivity contribution is -0.123. The molecule has 0 aliphatic heterocycles. The molecule has 0 saturated heterocycles. The third-order valence-corrected chi connectivity index (χ3v) is 11.5. The van der Waals surface area contributed by atoms with Gasteiger partial charge in [0.1, 0.15) is 35.4 Å². The molecule has 3 atom stereocenters. The van der Waals surface area contributed by atoms with Crippen molar-refractivity contribution < 1.29 is 39.6 Å². The second-order valence-corrected chi connectivity index (χ2v) is 16.6. The summed E-state index contributed by atoms with van der Waals surface area (Å²) in [5.74, 6) is -7.16. The molecular formula is C37H33F6N9O3S. The van der Waals surface area contributed by atoms with Crippen LogP contribution in [-0.4, -0.2) is 55.1 Å². The fraction of sp³-hybridized carbons (Fsp3) is 0.378. The van der Waals surface area contributed by atoms with Crippen LogP contribution in [0.3, 0.4) is 0 Å². The van der Waals surface area contributed by atoms with E-state index in [2.05, 4.69) is 25.2 Å². The van der Waals surface area contributed by atoms with Crippen molar-refractivity contribution in [1.29, 1.82) is 0 Å². The number of nitrogens with zero attached hydrogens (tertiary/aromatic N) is 6. The predicted octanol–water partition coefficient (Wildman–Crippen LogP) is 6.87. The van der Waals surface area contributed by atoms with Gasteiger partial charge in [-0.25, -0.2) is 35.9 Å². The van der Waals surface area contributed by atoms with E-state index in [9.17, 15) is 30.8 Å². The molecule has 6 aromatic rings. The number of carbonyl (C=O) groups excluding carboxylic acids is 1. The zero-order valence-electron chi connectivity index (χ0n) is 29.8. The van der Waals surface area contributed by atoms with Gasteiger partial charge in [0.05, 0.1) is 29.0 Å². The fourth-order valence-electron chi connectivity index (χ4n) is 8.31. The average Bonchev–Trinajstić information content (AvgIpc) is 3.58. The van der Waals surface area contributed by atoms with E-state index in [0.717, 1.165) is 31.2 Å². The Kier molecular flexibility index (Phi) is 8.26. The molecule has 2 fully saturated rings. The molecule has 2 saturated carbocycles. The van der Waals surface area contributed by atoms with Gasteiger partial charge in [0.15, 0.2) is 11.5 Å². The van der Waals surface area contributed by atoms with Crippen LogP contribution in [0.2, 0.25) is 0 Å². The highest BCUT2D eigenvalue weighted by Crippen LogP contribution is 2.63. The van der Waals surface area contributed by atoms with Crippen molar-refractivity contribution in [2.45, 2.75) is 68.9 Å². The Balaban J connectivity index is 1.19. The highest BCUT2D eigenvalue weighted by atomic mass is 32.2. The summed E-state index contributed by atoms with van der Waals surface area (Å²) in [5.41, 5.74) is 0.733. The number of carbonyl (C=O) groups is 1. The van der Waals surface area contributed by atoms with Gasteiger partial charge in [-0.2, -0.15) is 19.0 Å². The smallest absolute Gasteiger partial charge is 0.293 e. The van der Waals surface area contributed by atoms with E-state index in [1.54, 1.807) is 31.3 Å². The third-order valence-electron chi connectivity index (χ3n) is 10.9. The van der Waals surface area contributed by atoms with E-state index in [1.165, 1.54) is 4.68 Å². The lowest BCUT2D eigenvalue weighted by atomic mass is 9.73. The van der Waals surface area contributed by atoms with Crippen LogP contribution >= 0.6 is 0 Å². The van der Waals surface area contributed by atoms with E-state index in [4.69, 9.17) is 9.97 Å². The van der Waals surface area contributed by atoms with E-state index in [-0.39, 0.29) is 47.0 Å². The molecule has 0 radical (unpaired) electrons. The van der Waals surface area contributed by atoms with Gasteiger partial charge in [-0.05, 0) is 67.9 Å². The number of rotatable bonds is 11. The Hall–Kier alpha value is -5.46. The summed E-state index contributed by atoms with van der Waals surface area (Å²) in [6.07, 6.45) is -0.128. The summed E-state index contributed by atoms with van der Waals surface area (Å²) < 4.78 is 118. The SMILES string of the molecule is Cn1nc(NS(C)(=O)=O)c2cccc(-c3cc4[nH]c(C5CC5)nc4nc3[C@H](Cc3cc(F)cc(F)c3)NC(=O)Cn3nc(C(F)F)c4c3C(F)(F)[C@@H]3CC[C@H]43)c21. The summed E-state index contributed by atoms with van der Waals surface area (Å²) in [6.45, 7) is -0.859. The lowest BCUT2D eigenvalue weighted by Gasteiger charge is -2.34. The van der Waals surface area contributed by atoms with Crippen LogP contribution in [-0.2, 0) is 40.8 Å². The molecule has 3 N–H and O–H groups in total. The number of hydrogen-bond donors (Lipinski definition) is 3. The Morgan fingerprint density at radius 1 is 1.00 bits per heavy atom. The molecule has 3 aliphatic carbocycles. The molecule has 4 heterocycles. The summed E-state index contributed by atoms with van der Waals surface area (Å²) >= 11 is 0. The Morgan fingerprint density at radius 2 is 1.75 bits per heavy atom. The van der Waals surface area contributed by atoms with E-state index in [0.29, 0.717) is 50.5 Å². The highest BCUT2D eigenvalue weighted by Gasteiger charge is 2.62. The summed E-state index contributed by atoms with van der Waals surface area (Å²) in [5, 5.41) is 11.4. The number of para-hydroxylation sites is 1. The topological polar surface area (TPSA) is 152 Å². The Morgan fingerprint density at radius 3 is 2.41 bits per heavy atom. The third kappa shape index (κ3) is 6.15. The number of nitrogens with one attached hydrogen (secondary N) is 3. The number of anilines is 1. The molecule has 19 heteroatoms. The van der Waals surface area contributed by atoms with Gasteiger partial charge in [-0.3, -0.25) is 18.9 Å². The second kappa shape index (κ2) is 12.8. The van der Waals surface area contributed by atoms with Crippen molar-refractivity contribution in [3.05, 3.63) is 88.1 Å². The Bertz CT molecular complexity index is 2690. The molecule has 1 amide bonds. The number of benzene rings is 2. The first-order valence-corrected chi connectivity index (χ1v) is 19.8. The quantitative estimate of drug-likeness (QED) is 0.121. The summed E-state index contributed by atoms with van der Waals surface area (Å²) in [7, 11) is -2.13. The minimum Gasteiger partial charge on any atom is -0.346 e. The largest absolute Gasteiger partial charge is 0.346 e. The zero-order chi connectivity index (χ0) is 39.4. The number of aromatic nitrogens is 7. The second-order valence-electron chi connectivity index (χ2n) is 14.9. The van der Waals surface area contributed by atoms with E-state index < -0.39 is 75.7 Å². The maximum Gasteiger partial charge on any atom is 0.293 e. The number of sulfonamides is 1. The van der Waals surface area contributed by atoms with E-state index in [1.807, 2.05) is 0 Å². The number of amides is 1. The molecule has 0 spiro atoms. The number of fused-ring (bicyclic) bond motifs is 5. The van der Waals surface area contributed by atoms with Crippen LogP contribution in [0.25, 0.3) is 33.2 Å². The molecule has 12 nitrogen and oxygen atoms in total. The number of halogens is 6. The van der Waals surface area contributed by atoms with Crippen LogP contribution in [0.5, 0.6) is 0 Å². The number of aromatic amines is 1. The van der Waals surface area contributed by atoms with Crippen molar-refractivity contribution in [2.75, 3.05) is 11.0 Å². The number of alkyl halides is 4. The zero-order valence-corrected chi connectivity index (χ0v) is 30.6. The van der Waals surface area contributed by atoms with Crippen LogP contribution in [0, 0.1) is 17.6 Å². The summed E-state index contributed by atoms with van der Waals surface area (Å²) in [4.78, 5) is 26.9. The van der Waals surface area contributed by atoms with Crippen LogP contribution in [0.4, 0.5) is 32.2 Å². The number of aryl methyl sites for hydroxylation is 1. The average molecular weight is 798 g/mol.